The number of hydrogen-bond acceptors (Lipinski definition) is 1. The molecule has 0 saturated carbocycles. The van der Waals surface area contributed by atoms with Crippen LogP contribution in [0.2, 0.25) is 0 Å². The predicted molar refractivity (Wildman–Crippen MR) is 82.7 cm³/mol. The van der Waals surface area contributed by atoms with Gasteiger partial charge in [0.2, 0.25) is 0 Å². The Balaban J connectivity index is 2.36. The number of rotatable bonds is 1. The second-order valence-electron chi connectivity index (χ2n) is 5.13. The second kappa shape index (κ2) is 4.35. The molecule has 0 spiro atoms. The Morgan fingerprint density at radius 1 is 0.895 bits per heavy atom. The van der Waals surface area contributed by atoms with Gasteiger partial charge in [-0.2, -0.15) is 0 Å². The van der Waals surface area contributed by atoms with Gasteiger partial charge >= 0.3 is 0 Å². The van der Waals surface area contributed by atoms with E-state index in [2.05, 4.69) is 66.7 Å². The lowest BCUT2D eigenvalue weighted by Gasteiger charge is -2.07. The minimum Gasteiger partial charge on any atom is -0.330 e. The number of fused-ring (bicyclic) bond motifs is 1. The van der Waals surface area contributed by atoms with Crippen LogP contribution >= 0.6 is 12.2 Å². The van der Waals surface area contributed by atoms with Crippen molar-refractivity contribution < 1.29 is 0 Å². The highest BCUT2D eigenvalue weighted by atomic mass is 32.1. The Morgan fingerprint density at radius 3 is 2.26 bits per heavy atom. The van der Waals surface area contributed by atoms with E-state index in [1.54, 1.807) is 0 Å². The number of nitrogens with one attached hydrogen (secondary N) is 1. The lowest BCUT2D eigenvalue weighted by molar-refractivity contribution is 1.06. The van der Waals surface area contributed by atoms with Crippen LogP contribution in [0.4, 0.5) is 0 Å². The van der Waals surface area contributed by atoms with E-state index in [0.29, 0.717) is 0 Å². The number of nitrogens with zero attached hydrogens (tertiary/aromatic N) is 1. The van der Waals surface area contributed by atoms with Crippen LogP contribution in [0.3, 0.4) is 0 Å². The highest BCUT2D eigenvalue weighted by Crippen LogP contribution is 2.22. The summed E-state index contributed by atoms with van der Waals surface area (Å²) in [7, 11) is 0. The molecule has 3 heteroatoms. The summed E-state index contributed by atoms with van der Waals surface area (Å²) in [5.41, 5.74) is 7.07. The Bertz CT molecular complexity index is 804. The molecule has 1 aromatic heterocycles. The number of aryl methyl sites for hydroxylation is 3. The number of hydrogen-bond donors (Lipinski definition) is 1. The molecule has 3 rings (SSSR count). The summed E-state index contributed by atoms with van der Waals surface area (Å²) in [5, 5.41) is 0. The topological polar surface area (TPSA) is 20.7 Å². The third kappa shape index (κ3) is 2.10. The normalized spacial score (nSPS) is 11.1. The van der Waals surface area contributed by atoms with Crippen LogP contribution in [0.15, 0.2) is 36.4 Å². The van der Waals surface area contributed by atoms with Gasteiger partial charge in [-0.05, 0) is 73.9 Å². The van der Waals surface area contributed by atoms with Gasteiger partial charge in [-0.25, -0.2) is 0 Å². The van der Waals surface area contributed by atoms with E-state index in [1.165, 1.54) is 16.7 Å². The highest BCUT2D eigenvalue weighted by molar-refractivity contribution is 7.71. The van der Waals surface area contributed by atoms with E-state index in [9.17, 15) is 0 Å². The third-order valence-electron chi connectivity index (χ3n) is 3.30. The van der Waals surface area contributed by atoms with E-state index in [0.717, 1.165) is 21.5 Å². The fraction of sp³-hybridized carbons (Fsp3) is 0.188. The molecule has 0 radical (unpaired) electrons. The fourth-order valence-electron chi connectivity index (χ4n) is 2.56. The molecule has 0 amide bonds. The average molecular weight is 268 g/mol. The van der Waals surface area contributed by atoms with Gasteiger partial charge in [0, 0.05) is 5.69 Å². The predicted octanol–water partition coefficient (Wildman–Crippen LogP) is 4.61. The average Bonchev–Trinajstić information content (AvgIpc) is 2.62. The van der Waals surface area contributed by atoms with Crippen LogP contribution in [-0.2, 0) is 0 Å². The van der Waals surface area contributed by atoms with Crippen molar-refractivity contribution in [2.45, 2.75) is 20.8 Å². The molecule has 1 heterocycles. The molecule has 0 unspecified atom stereocenters. The molecule has 0 bridgehead atoms. The van der Waals surface area contributed by atoms with Gasteiger partial charge in [-0.15, -0.1) is 0 Å². The summed E-state index contributed by atoms with van der Waals surface area (Å²) in [6, 6.07) is 12.9. The number of imidazole rings is 1. The van der Waals surface area contributed by atoms with Crippen molar-refractivity contribution in [1.82, 2.24) is 9.55 Å². The zero-order valence-corrected chi connectivity index (χ0v) is 12.1. The van der Waals surface area contributed by atoms with Gasteiger partial charge in [0.15, 0.2) is 4.77 Å². The zero-order valence-electron chi connectivity index (χ0n) is 11.3. The first-order valence-electron chi connectivity index (χ1n) is 6.35. The van der Waals surface area contributed by atoms with Crippen molar-refractivity contribution >= 4 is 23.3 Å². The van der Waals surface area contributed by atoms with Gasteiger partial charge in [-0.1, -0.05) is 12.1 Å². The van der Waals surface area contributed by atoms with Crippen molar-refractivity contribution in [1.29, 1.82) is 0 Å². The molecule has 19 heavy (non-hydrogen) atoms. The molecule has 0 saturated heterocycles. The summed E-state index contributed by atoms with van der Waals surface area (Å²) >= 11 is 5.47. The van der Waals surface area contributed by atoms with Crippen LogP contribution in [0.5, 0.6) is 0 Å². The lowest BCUT2D eigenvalue weighted by atomic mass is 10.1. The highest BCUT2D eigenvalue weighted by Gasteiger charge is 2.07. The van der Waals surface area contributed by atoms with E-state index in [1.807, 2.05) is 0 Å². The molecule has 2 aromatic carbocycles. The van der Waals surface area contributed by atoms with Crippen molar-refractivity contribution in [3.63, 3.8) is 0 Å². The summed E-state index contributed by atoms with van der Waals surface area (Å²) in [4.78, 5) is 3.28. The largest absolute Gasteiger partial charge is 0.330 e. The van der Waals surface area contributed by atoms with Crippen LogP contribution < -0.4 is 0 Å². The molecular formula is C16H16N2S. The van der Waals surface area contributed by atoms with Crippen LogP contribution in [0.1, 0.15) is 16.7 Å². The number of H-pyrrole nitrogens is 1. The Kier molecular flexibility index (Phi) is 2.79. The monoisotopic (exact) mass is 268 g/mol. The Labute approximate surface area is 117 Å². The zero-order chi connectivity index (χ0) is 13.6. The Morgan fingerprint density at radius 2 is 1.58 bits per heavy atom. The SMILES string of the molecule is Cc1cc(C)cc(-n2c(=S)[nH]c3cc(C)ccc32)c1. The maximum Gasteiger partial charge on any atom is 0.182 e. The molecule has 0 fully saturated rings. The van der Waals surface area contributed by atoms with E-state index >= 15 is 0 Å². The van der Waals surface area contributed by atoms with Crippen LogP contribution in [0, 0.1) is 25.5 Å². The molecule has 0 atom stereocenters. The first kappa shape index (κ1) is 12.2. The standard InChI is InChI=1S/C16H16N2S/c1-10-4-5-15-14(9-10)17-16(19)18(15)13-7-11(2)6-12(3)8-13/h4-9H,1-3H3,(H,17,19). The molecule has 3 aromatic rings. The van der Waals surface area contributed by atoms with Gasteiger partial charge in [0.05, 0.1) is 11.0 Å². The van der Waals surface area contributed by atoms with Gasteiger partial charge < -0.3 is 4.98 Å². The maximum absolute atomic E-state index is 5.47. The molecular weight excluding hydrogens is 252 g/mol. The van der Waals surface area contributed by atoms with Crippen molar-refractivity contribution in [3.8, 4) is 5.69 Å². The second-order valence-corrected chi connectivity index (χ2v) is 5.52. The summed E-state index contributed by atoms with van der Waals surface area (Å²) < 4.78 is 2.84. The Hall–Kier alpha value is -1.87. The fourth-order valence-corrected chi connectivity index (χ4v) is 2.88. The van der Waals surface area contributed by atoms with Crippen molar-refractivity contribution in [3.05, 3.63) is 57.9 Å². The molecule has 96 valence electrons. The van der Waals surface area contributed by atoms with Gasteiger partial charge in [-0.3, -0.25) is 4.57 Å². The first-order valence-corrected chi connectivity index (χ1v) is 6.75. The third-order valence-corrected chi connectivity index (χ3v) is 3.59. The van der Waals surface area contributed by atoms with Crippen molar-refractivity contribution in [2.75, 3.05) is 0 Å². The van der Waals surface area contributed by atoms with E-state index in [-0.39, 0.29) is 0 Å². The van der Waals surface area contributed by atoms with Gasteiger partial charge in [0.1, 0.15) is 0 Å². The molecule has 1 N–H and O–H groups in total. The summed E-state index contributed by atoms with van der Waals surface area (Å²) in [5.74, 6) is 0. The number of aromatic nitrogens is 2. The smallest absolute Gasteiger partial charge is 0.182 e. The number of benzene rings is 2. The van der Waals surface area contributed by atoms with Gasteiger partial charge in [0.25, 0.3) is 0 Å². The van der Waals surface area contributed by atoms with E-state index in [4.69, 9.17) is 12.2 Å². The maximum atomic E-state index is 5.47. The summed E-state index contributed by atoms with van der Waals surface area (Å²) in [6.45, 7) is 6.31. The molecule has 0 aliphatic carbocycles. The minimum absolute atomic E-state index is 0.741. The van der Waals surface area contributed by atoms with Crippen LogP contribution in [0.25, 0.3) is 16.7 Å². The van der Waals surface area contributed by atoms with E-state index < -0.39 is 0 Å². The quantitative estimate of drug-likeness (QED) is 0.639. The summed E-state index contributed by atoms with van der Waals surface area (Å²) in [6.07, 6.45) is 0. The molecule has 2 nitrogen and oxygen atoms in total. The first-order chi connectivity index (χ1) is 9.04. The lowest BCUT2D eigenvalue weighted by Crippen LogP contribution is -1.95. The molecule has 0 aliphatic rings. The number of aromatic amines is 1. The molecule has 0 aliphatic heterocycles. The minimum atomic E-state index is 0.741. The van der Waals surface area contributed by atoms with Crippen molar-refractivity contribution in [2.24, 2.45) is 0 Å². The van der Waals surface area contributed by atoms with Crippen LogP contribution in [-0.4, -0.2) is 9.55 Å².